The number of sulfone groups is 1. The van der Waals surface area contributed by atoms with Gasteiger partial charge in [-0.15, -0.1) is 0 Å². The van der Waals surface area contributed by atoms with Gasteiger partial charge in [-0.05, 0) is 49.2 Å². The van der Waals surface area contributed by atoms with Gasteiger partial charge >= 0.3 is 0 Å². The highest BCUT2D eigenvalue weighted by molar-refractivity contribution is 7.92. The van der Waals surface area contributed by atoms with Gasteiger partial charge < -0.3 is 10.2 Å². The van der Waals surface area contributed by atoms with Crippen molar-refractivity contribution in [1.82, 2.24) is 0 Å². The molecule has 1 heterocycles. The van der Waals surface area contributed by atoms with Crippen LogP contribution in [0.15, 0.2) is 47.4 Å². The third kappa shape index (κ3) is 4.05. The van der Waals surface area contributed by atoms with Crippen molar-refractivity contribution in [3.05, 3.63) is 53.1 Å². The van der Waals surface area contributed by atoms with E-state index in [0.29, 0.717) is 23.7 Å². The lowest BCUT2D eigenvalue weighted by atomic mass is 10.2. The maximum atomic E-state index is 12.9. The first-order valence-corrected chi connectivity index (χ1v) is 10.8. The van der Waals surface area contributed by atoms with Crippen LogP contribution in [0.1, 0.15) is 25.8 Å². The first-order valence-electron chi connectivity index (χ1n) is 8.89. The van der Waals surface area contributed by atoms with Crippen molar-refractivity contribution in [1.29, 1.82) is 0 Å². The average Bonchev–Trinajstić information content (AvgIpc) is 3.07. The van der Waals surface area contributed by atoms with Crippen LogP contribution in [0.5, 0.6) is 0 Å². The maximum Gasteiger partial charge on any atom is 0.225 e. The number of nitrogens with zero attached hydrogens (tertiary/aromatic N) is 1. The Bertz CT molecular complexity index is 1040. The Morgan fingerprint density at radius 1 is 1.21 bits per heavy atom. The molecule has 6 nitrogen and oxygen atoms in total. The van der Waals surface area contributed by atoms with Crippen LogP contribution in [0, 0.1) is 0 Å². The molecule has 1 atom stereocenters. The number of para-hydroxylation sites is 1. The van der Waals surface area contributed by atoms with Crippen molar-refractivity contribution in [2.75, 3.05) is 16.8 Å². The van der Waals surface area contributed by atoms with Crippen LogP contribution in [0.25, 0.3) is 0 Å². The topological polar surface area (TPSA) is 83.6 Å². The molecule has 0 saturated heterocycles. The summed E-state index contributed by atoms with van der Waals surface area (Å²) in [5, 5.41) is 2.13. The Balaban J connectivity index is 1.75. The van der Waals surface area contributed by atoms with E-state index in [1.54, 1.807) is 41.3 Å². The number of fused-ring (bicyclic) bond motifs is 1. The van der Waals surface area contributed by atoms with Crippen LogP contribution in [0.3, 0.4) is 0 Å². The molecule has 1 aliphatic rings. The Hall–Kier alpha value is -2.38. The zero-order chi connectivity index (χ0) is 20.5. The first kappa shape index (κ1) is 20.4. The molecule has 0 aromatic heterocycles. The quantitative estimate of drug-likeness (QED) is 0.803. The maximum absolute atomic E-state index is 12.9. The first-order chi connectivity index (χ1) is 13.2. The normalized spacial score (nSPS) is 14.5. The molecule has 1 N–H and O–H groups in total. The summed E-state index contributed by atoms with van der Waals surface area (Å²) in [6.45, 7) is 3.54. The van der Waals surface area contributed by atoms with E-state index in [9.17, 15) is 18.0 Å². The summed E-state index contributed by atoms with van der Waals surface area (Å²) in [5.41, 5.74) is 2.01. The van der Waals surface area contributed by atoms with E-state index in [1.807, 2.05) is 0 Å². The van der Waals surface area contributed by atoms with Gasteiger partial charge in [0.1, 0.15) is 0 Å². The average molecular weight is 421 g/mol. The monoisotopic (exact) mass is 420 g/mol. The van der Waals surface area contributed by atoms with Gasteiger partial charge in [0.05, 0.1) is 20.9 Å². The van der Waals surface area contributed by atoms with E-state index < -0.39 is 21.0 Å². The Labute approximate surface area is 169 Å². The van der Waals surface area contributed by atoms with Gasteiger partial charge in [-0.25, -0.2) is 8.42 Å². The van der Waals surface area contributed by atoms with Crippen LogP contribution >= 0.6 is 11.6 Å². The van der Waals surface area contributed by atoms with E-state index in [1.165, 1.54) is 19.9 Å². The molecule has 1 aliphatic heterocycles. The SMILES string of the molecule is CC(=O)N1CCc2cc(S(=O)(=O)[C@@H](C)CC(=O)Nc3ccccc3Cl)ccc21. The molecule has 0 bridgehead atoms. The summed E-state index contributed by atoms with van der Waals surface area (Å²) >= 11 is 6.02. The molecule has 0 radical (unpaired) electrons. The fraction of sp³-hybridized carbons (Fsp3) is 0.300. The number of halogens is 1. The molecule has 0 fully saturated rings. The van der Waals surface area contributed by atoms with Crippen LogP contribution in [-0.2, 0) is 25.8 Å². The van der Waals surface area contributed by atoms with Crippen molar-refractivity contribution in [3.8, 4) is 0 Å². The summed E-state index contributed by atoms with van der Waals surface area (Å²) in [6.07, 6.45) is 0.420. The third-order valence-electron chi connectivity index (χ3n) is 4.81. The van der Waals surface area contributed by atoms with Crippen molar-refractivity contribution >= 4 is 44.6 Å². The van der Waals surface area contributed by atoms with E-state index in [0.717, 1.165) is 11.3 Å². The molecule has 148 valence electrons. The van der Waals surface area contributed by atoms with Gasteiger partial charge in [0.15, 0.2) is 9.84 Å². The minimum Gasteiger partial charge on any atom is -0.325 e. The van der Waals surface area contributed by atoms with Crippen LogP contribution in [-0.4, -0.2) is 32.0 Å². The molecule has 8 heteroatoms. The molecule has 2 aromatic rings. The van der Waals surface area contributed by atoms with Gasteiger partial charge in [0.25, 0.3) is 0 Å². The number of carbonyl (C=O) groups excluding carboxylic acids is 2. The van der Waals surface area contributed by atoms with Crippen LogP contribution in [0.2, 0.25) is 5.02 Å². The lowest BCUT2D eigenvalue weighted by molar-refractivity contribution is -0.117. The summed E-state index contributed by atoms with van der Waals surface area (Å²) in [6, 6.07) is 11.5. The molecular formula is C20H21ClN2O4S. The second kappa shape index (κ2) is 7.93. The third-order valence-corrected chi connectivity index (χ3v) is 7.27. The van der Waals surface area contributed by atoms with Gasteiger partial charge in [0, 0.05) is 25.6 Å². The smallest absolute Gasteiger partial charge is 0.225 e. The Morgan fingerprint density at radius 3 is 2.61 bits per heavy atom. The number of amides is 2. The summed E-state index contributed by atoms with van der Waals surface area (Å²) < 4.78 is 25.8. The predicted molar refractivity (Wildman–Crippen MR) is 110 cm³/mol. The van der Waals surface area contributed by atoms with Crippen LogP contribution in [0.4, 0.5) is 11.4 Å². The predicted octanol–water partition coefficient (Wildman–Crippen LogP) is 3.44. The van der Waals surface area contributed by atoms with E-state index in [4.69, 9.17) is 11.6 Å². The van der Waals surface area contributed by atoms with Crippen LogP contribution < -0.4 is 10.2 Å². The Morgan fingerprint density at radius 2 is 1.93 bits per heavy atom. The highest BCUT2D eigenvalue weighted by atomic mass is 35.5. The molecule has 0 aliphatic carbocycles. The number of hydrogen-bond donors (Lipinski definition) is 1. The highest BCUT2D eigenvalue weighted by Gasteiger charge is 2.29. The van der Waals surface area contributed by atoms with Gasteiger partial charge in [-0.3, -0.25) is 9.59 Å². The molecule has 2 aromatic carbocycles. The van der Waals surface area contributed by atoms with Crippen molar-refractivity contribution in [2.45, 2.75) is 36.8 Å². The van der Waals surface area contributed by atoms with E-state index in [-0.39, 0.29) is 17.2 Å². The Kier molecular flexibility index (Phi) is 5.76. The van der Waals surface area contributed by atoms with Crippen molar-refractivity contribution in [3.63, 3.8) is 0 Å². The van der Waals surface area contributed by atoms with Crippen molar-refractivity contribution in [2.24, 2.45) is 0 Å². The number of hydrogen-bond acceptors (Lipinski definition) is 4. The number of carbonyl (C=O) groups is 2. The van der Waals surface area contributed by atoms with Gasteiger partial charge in [-0.1, -0.05) is 23.7 Å². The van der Waals surface area contributed by atoms with E-state index >= 15 is 0 Å². The number of benzene rings is 2. The van der Waals surface area contributed by atoms with E-state index in [2.05, 4.69) is 5.32 Å². The molecule has 28 heavy (non-hydrogen) atoms. The van der Waals surface area contributed by atoms with Crippen molar-refractivity contribution < 1.29 is 18.0 Å². The minimum atomic E-state index is -3.69. The van der Waals surface area contributed by atoms with Gasteiger partial charge in [0.2, 0.25) is 11.8 Å². The summed E-state index contributed by atoms with van der Waals surface area (Å²) in [4.78, 5) is 25.7. The minimum absolute atomic E-state index is 0.0704. The molecule has 0 spiro atoms. The lowest BCUT2D eigenvalue weighted by Gasteiger charge is -2.16. The highest BCUT2D eigenvalue weighted by Crippen LogP contribution is 2.31. The zero-order valence-corrected chi connectivity index (χ0v) is 17.2. The molecule has 0 saturated carbocycles. The summed E-state index contributed by atoms with van der Waals surface area (Å²) in [7, 11) is -3.69. The molecule has 3 rings (SSSR count). The summed E-state index contributed by atoms with van der Waals surface area (Å²) in [5.74, 6) is -0.493. The standard InChI is InChI=1S/C20H21ClN2O4S/c1-13(11-20(25)22-18-6-4-3-5-17(18)21)28(26,27)16-7-8-19-15(12-16)9-10-23(19)14(2)24/h3-8,12-13H,9-11H2,1-2H3,(H,22,25)/t13-/m0/s1. The zero-order valence-electron chi connectivity index (χ0n) is 15.6. The fourth-order valence-corrected chi connectivity index (χ4v) is 4.83. The number of anilines is 2. The largest absolute Gasteiger partial charge is 0.325 e. The molecule has 0 unspecified atom stereocenters. The second-order valence-corrected chi connectivity index (χ2v) is 9.57. The number of rotatable bonds is 5. The molecule has 2 amide bonds. The molecular weight excluding hydrogens is 400 g/mol. The fourth-order valence-electron chi connectivity index (χ4n) is 3.25. The number of nitrogens with one attached hydrogen (secondary N) is 1. The lowest BCUT2D eigenvalue weighted by Crippen LogP contribution is -2.26. The van der Waals surface area contributed by atoms with Gasteiger partial charge in [-0.2, -0.15) is 0 Å². The second-order valence-electron chi connectivity index (χ2n) is 6.80.